The number of pyridine rings is 1. The summed E-state index contributed by atoms with van der Waals surface area (Å²) in [6.45, 7) is 12.4. The highest BCUT2D eigenvalue weighted by atomic mass is 16.5. The maximum absolute atomic E-state index is 13.8. The molecule has 0 saturated carbocycles. The van der Waals surface area contributed by atoms with Gasteiger partial charge in [-0.25, -0.2) is 0 Å². The third-order valence-corrected chi connectivity index (χ3v) is 8.37. The number of aryl methyl sites for hydroxylation is 2. The largest absolute Gasteiger partial charge is 0.381 e. The molecule has 44 heavy (non-hydrogen) atoms. The molecule has 0 aliphatic carbocycles. The molecule has 1 saturated heterocycles. The van der Waals surface area contributed by atoms with E-state index in [1.807, 2.05) is 40.0 Å². The number of nitrogens with zero attached hydrogens (tertiary/aromatic N) is 2. The van der Waals surface area contributed by atoms with Crippen LogP contribution in [0, 0.1) is 20.8 Å². The number of aromatic amines is 1. The van der Waals surface area contributed by atoms with E-state index in [0.29, 0.717) is 23.8 Å². The van der Waals surface area contributed by atoms with Gasteiger partial charge in [0.15, 0.2) is 0 Å². The molecule has 9 nitrogen and oxygen atoms in total. The fraction of sp³-hybridized carbons (Fsp3) is 0.457. The fourth-order valence-electron chi connectivity index (χ4n) is 5.93. The summed E-state index contributed by atoms with van der Waals surface area (Å²) in [6, 6.07) is 14.8. The van der Waals surface area contributed by atoms with Crippen LogP contribution in [0.15, 0.2) is 47.3 Å². The normalized spacial score (nSPS) is 13.7. The Hall–Kier alpha value is -3.79. The van der Waals surface area contributed by atoms with E-state index in [9.17, 15) is 14.4 Å². The Kier molecular flexibility index (Phi) is 11.9. The molecule has 1 aromatic heterocycles. The molecule has 1 fully saturated rings. The van der Waals surface area contributed by atoms with Crippen LogP contribution in [0.4, 0.5) is 5.69 Å². The Labute approximate surface area is 260 Å². The van der Waals surface area contributed by atoms with Crippen LogP contribution < -0.4 is 15.8 Å². The number of benzene rings is 2. The van der Waals surface area contributed by atoms with E-state index >= 15 is 0 Å². The van der Waals surface area contributed by atoms with Gasteiger partial charge >= 0.3 is 0 Å². The van der Waals surface area contributed by atoms with Crippen LogP contribution in [0.3, 0.4) is 0 Å². The second-order valence-electron chi connectivity index (χ2n) is 11.6. The highest BCUT2D eigenvalue weighted by molar-refractivity contribution is 5.99. The summed E-state index contributed by atoms with van der Waals surface area (Å²) in [7, 11) is 2.02. The maximum atomic E-state index is 13.8. The predicted octanol–water partition coefficient (Wildman–Crippen LogP) is 4.55. The predicted molar refractivity (Wildman–Crippen MR) is 174 cm³/mol. The first-order valence-corrected chi connectivity index (χ1v) is 15.5. The average molecular weight is 603 g/mol. The molecule has 3 aromatic rings. The van der Waals surface area contributed by atoms with Crippen molar-refractivity contribution in [2.45, 2.75) is 59.7 Å². The number of rotatable bonds is 14. The molecule has 1 amide bonds. The van der Waals surface area contributed by atoms with Crippen LogP contribution in [0.5, 0.6) is 0 Å². The van der Waals surface area contributed by atoms with Crippen LogP contribution in [-0.4, -0.2) is 74.7 Å². The molecule has 0 atom stereocenters. The van der Waals surface area contributed by atoms with Gasteiger partial charge in [-0.2, -0.15) is 0 Å². The molecule has 0 radical (unpaired) electrons. The summed E-state index contributed by atoms with van der Waals surface area (Å²) >= 11 is 0. The van der Waals surface area contributed by atoms with Crippen molar-refractivity contribution in [2.75, 3.05) is 51.5 Å². The van der Waals surface area contributed by atoms with Crippen LogP contribution >= 0.6 is 0 Å². The van der Waals surface area contributed by atoms with Crippen molar-refractivity contribution < 1.29 is 19.1 Å². The topological polar surface area (TPSA) is 104 Å². The smallest absolute Gasteiger partial charge is 0.253 e. The van der Waals surface area contributed by atoms with E-state index < -0.39 is 0 Å². The summed E-state index contributed by atoms with van der Waals surface area (Å²) in [5.74, 6) is -0.206. The van der Waals surface area contributed by atoms with Crippen LogP contribution in [0.1, 0.15) is 58.1 Å². The number of carbonyl (C=O) groups is 2. The van der Waals surface area contributed by atoms with Crippen molar-refractivity contribution in [3.05, 3.63) is 86.3 Å². The number of H-pyrrole nitrogens is 1. The van der Waals surface area contributed by atoms with Gasteiger partial charge in [0.2, 0.25) is 0 Å². The Morgan fingerprint density at radius 3 is 2.48 bits per heavy atom. The number of hydrogen-bond donors (Lipinski definition) is 2. The van der Waals surface area contributed by atoms with Gasteiger partial charge in [-0.05, 0) is 93.6 Å². The van der Waals surface area contributed by atoms with E-state index in [-0.39, 0.29) is 24.6 Å². The van der Waals surface area contributed by atoms with Gasteiger partial charge in [-0.1, -0.05) is 24.3 Å². The van der Waals surface area contributed by atoms with Gasteiger partial charge in [0.1, 0.15) is 12.9 Å². The van der Waals surface area contributed by atoms with Gasteiger partial charge in [-0.3, -0.25) is 14.5 Å². The fourth-order valence-corrected chi connectivity index (χ4v) is 5.93. The first-order chi connectivity index (χ1) is 21.2. The number of likely N-dealkylation sites (N-methyl/N-ethyl adjacent to an activating group) is 1. The zero-order valence-corrected chi connectivity index (χ0v) is 26.7. The van der Waals surface area contributed by atoms with Crippen molar-refractivity contribution in [3.8, 4) is 11.1 Å². The van der Waals surface area contributed by atoms with Gasteiger partial charge in [-0.15, -0.1) is 0 Å². The van der Waals surface area contributed by atoms with Crippen molar-refractivity contribution >= 4 is 17.9 Å². The Balaban J connectivity index is 1.63. The molecule has 2 heterocycles. The number of anilines is 1. The molecule has 4 rings (SSSR count). The number of carbonyl (C=O) groups excluding carboxylic acids is 2. The standard InChI is InChI=1S/C35H46N4O5/c1-6-39(30-11-15-43-16-12-30)33-21-29(28-9-7-27(8-10-28)23-38(5)13-17-44-18-14-40)20-31(26(33)4)34(41)36-22-32-24(2)19-25(3)37-35(32)42/h7-10,14,19-21,30H,6,11-13,15-18,22-23H2,1-5H3,(H,36,41)(H,37,42). The van der Waals surface area contributed by atoms with E-state index in [0.717, 1.165) is 91.2 Å². The van der Waals surface area contributed by atoms with E-state index in [4.69, 9.17) is 9.47 Å². The van der Waals surface area contributed by atoms with Crippen molar-refractivity contribution in [2.24, 2.45) is 0 Å². The number of ether oxygens (including phenoxy) is 2. The number of amides is 1. The van der Waals surface area contributed by atoms with Crippen molar-refractivity contribution in [1.29, 1.82) is 0 Å². The van der Waals surface area contributed by atoms with Crippen LogP contribution in [0.25, 0.3) is 11.1 Å². The lowest BCUT2D eigenvalue weighted by Crippen LogP contribution is -2.40. The SMILES string of the molecule is CCN(c1cc(-c2ccc(CN(C)CCOCC=O)cc2)cc(C(=O)NCc2c(C)cc(C)[nH]c2=O)c1C)C1CCOCC1. The zero-order valence-electron chi connectivity index (χ0n) is 26.7. The van der Waals surface area contributed by atoms with Crippen LogP contribution in [0.2, 0.25) is 0 Å². The lowest BCUT2D eigenvalue weighted by molar-refractivity contribution is -0.112. The molecule has 0 bridgehead atoms. The number of hydrogen-bond acceptors (Lipinski definition) is 7. The van der Waals surface area contributed by atoms with Crippen molar-refractivity contribution in [3.63, 3.8) is 0 Å². The number of aldehydes is 1. The molecule has 236 valence electrons. The minimum atomic E-state index is -0.206. The third kappa shape index (κ3) is 8.43. The zero-order chi connectivity index (χ0) is 31.6. The highest BCUT2D eigenvalue weighted by Crippen LogP contribution is 2.34. The molecule has 1 aliphatic heterocycles. The summed E-state index contributed by atoms with van der Waals surface area (Å²) in [5.41, 5.74) is 7.75. The second-order valence-corrected chi connectivity index (χ2v) is 11.6. The molecule has 2 N–H and O–H groups in total. The summed E-state index contributed by atoms with van der Waals surface area (Å²) in [4.78, 5) is 44.2. The van der Waals surface area contributed by atoms with E-state index in [1.54, 1.807) is 0 Å². The van der Waals surface area contributed by atoms with Gasteiger partial charge < -0.3 is 29.5 Å². The molecule has 0 spiro atoms. The minimum Gasteiger partial charge on any atom is -0.381 e. The third-order valence-electron chi connectivity index (χ3n) is 8.37. The summed E-state index contributed by atoms with van der Waals surface area (Å²) in [5, 5.41) is 3.02. The molecule has 0 unspecified atom stereocenters. The quantitative estimate of drug-likeness (QED) is 0.206. The molecule has 2 aromatic carbocycles. The summed E-state index contributed by atoms with van der Waals surface area (Å²) in [6.07, 6.45) is 2.65. The Bertz CT molecular complexity index is 1480. The van der Waals surface area contributed by atoms with Crippen molar-refractivity contribution in [1.82, 2.24) is 15.2 Å². The van der Waals surface area contributed by atoms with Crippen LogP contribution in [-0.2, 0) is 27.4 Å². The number of aromatic nitrogens is 1. The lowest BCUT2D eigenvalue weighted by Gasteiger charge is -2.37. The molecule has 1 aliphatic rings. The minimum absolute atomic E-state index is 0.120. The van der Waals surface area contributed by atoms with E-state index in [2.05, 4.69) is 57.4 Å². The van der Waals surface area contributed by atoms with Gasteiger partial charge in [0, 0.05) is 67.9 Å². The molecular formula is C35H46N4O5. The van der Waals surface area contributed by atoms with Gasteiger partial charge in [0.25, 0.3) is 11.5 Å². The maximum Gasteiger partial charge on any atom is 0.253 e. The summed E-state index contributed by atoms with van der Waals surface area (Å²) < 4.78 is 10.9. The first kappa shape index (κ1) is 33.1. The lowest BCUT2D eigenvalue weighted by atomic mass is 9.94. The second kappa shape index (κ2) is 15.8. The average Bonchev–Trinajstić information content (AvgIpc) is 3.01. The monoisotopic (exact) mass is 602 g/mol. The van der Waals surface area contributed by atoms with Gasteiger partial charge in [0.05, 0.1) is 6.61 Å². The van der Waals surface area contributed by atoms with E-state index in [1.165, 1.54) is 0 Å². The molecule has 9 heteroatoms. The first-order valence-electron chi connectivity index (χ1n) is 15.5. The Morgan fingerprint density at radius 1 is 1.09 bits per heavy atom. The molecular weight excluding hydrogens is 556 g/mol. The Morgan fingerprint density at radius 2 is 1.82 bits per heavy atom. The number of nitrogens with one attached hydrogen (secondary N) is 2. The highest BCUT2D eigenvalue weighted by Gasteiger charge is 2.25.